The van der Waals surface area contributed by atoms with Crippen molar-refractivity contribution in [1.29, 1.82) is 0 Å². The van der Waals surface area contributed by atoms with Crippen LogP contribution in [0.4, 0.5) is 0 Å². The summed E-state index contributed by atoms with van der Waals surface area (Å²) in [5.74, 6) is 0.442. The van der Waals surface area contributed by atoms with E-state index in [0.29, 0.717) is 18.8 Å². The van der Waals surface area contributed by atoms with E-state index >= 15 is 0 Å². The predicted molar refractivity (Wildman–Crippen MR) is 74.8 cm³/mol. The summed E-state index contributed by atoms with van der Waals surface area (Å²) in [7, 11) is 1.36. The van der Waals surface area contributed by atoms with E-state index in [1.165, 1.54) is 7.11 Å². The van der Waals surface area contributed by atoms with Gasteiger partial charge in [0, 0.05) is 12.5 Å². The second kappa shape index (κ2) is 6.80. The molecule has 106 valence electrons. The molecule has 0 saturated carbocycles. The third-order valence-corrected chi connectivity index (χ3v) is 3.10. The number of allylic oxidation sites excluding steroid dienone is 3. The smallest absolute Gasteiger partial charge is 0.306 e. The minimum Gasteiger partial charge on any atom is -0.508 e. The first-order valence-electron chi connectivity index (χ1n) is 6.52. The molecule has 0 heterocycles. The van der Waals surface area contributed by atoms with E-state index in [1.54, 1.807) is 12.2 Å². The fourth-order valence-corrected chi connectivity index (χ4v) is 2.11. The normalized spacial score (nSPS) is 17.9. The number of esters is 1. The Bertz CT molecular complexity index is 517. The molecule has 20 heavy (non-hydrogen) atoms. The zero-order valence-electron chi connectivity index (χ0n) is 11.4. The number of carbonyl (C=O) groups is 1. The lowest BCUT2D eigenvalue weighted by atomic mass is 9.95. The van der Waals surface area contributed by atoms with E-state index < -0.39 is 0 Å². The maximum Gasteiger partial charge on any atom is 0.306 e. The highest BCUT2D eigenvalue weighted by atomic mass is 16.5. The first-order chi connectivity index (χ1) is 9.67. The van der Waals surface area contributed by atoms with Crippen molar-refractivity contribution in [2.24, 2.45) is 5.92 Å². The Hall–Kier alpha value is -2.23. The number of methoxy groups -OCH3 is 1. The van der Waals surface area contributed by atoms with Gasteiger partial charge in [0.1, 0.15) is 18.1 Å². The average Bonchev–Trinajstić information content (AvgIpc) is 2.45. The van der Waals surface area contributed by atoms with Crippen molar-refractivity contribution < 1.29 is 19.4 Å². The van der Waals surface area contributed by atoms with Crippen LogP contribution in [0, 0.1) is 5.92 Å². The van der Waals surface area contributed by atoms with Crippen molar-refractivity contribution in [1.82, 2.24) is 0 Å². The summed E-state index contributed by atoms with van der Waals surface area (Å²) in [6.07, 6.45) is 4.08. The fraction of sp³-hybridized carbons (Fsp3) is 0.312. The summed E-state index contributed by atoms with van der Waals surface area (Å²) in [5.41, 5.74) is 1.06. The van der Waals surface area contributed by atoms with E-state index in [4.69, 9.17) is 4.74 Å². The Labute approximate surface area is 118 Å². The van der Waals surface area contributed by atoms with Gasteiger partial charge in [0.15, 0.2) is 0 Å². The van der Waals surface area contributed by atoms with Crippen LogP contribution in [0.25, 0.3) is 0 Å². The van der Waals surface area contributed by atoms with Crippen LogP contribution in [-0.4, -0.2) is 18.2 Å². The van der Waals surface area contributed by atoms with Crippen LogP contribution in [0.2, 0.25) is 0 Å². The number of benzene rings is 1. The lowest BCUT2D eigenvalue weighted by molar-refractivity contribution is -0.141. The van der Waals surface area contributed by atoms with Crippen LogP contribution >= 0.6 is 0 Å². The Kier molecular flexibility index (Phi) is 4.82. The van der Waals surface area contributed by atoms with Crippen molar-refractivity contribution in [2.45, 2.75) is 19.4 Å². The molecule has 0 aliphatic heterocycles. The van der Waals surface area contributed by atoms with E-state index in [1.807, 2.05) is 30.3 Å². The van der Waals surface area contributed by atoms with Gasteiger partial charge in [0.2, 0.25) is 0 Å². The Balaban J connectivity index is 1.92. The molecule has 0 aromatic heterocycles. The van der Waals surface area contributed by atoms with Gasteiger partial charge in [-0.2, -0.15) is 0 Å². The molecule has 1 aromatic rings. The first kappa shape index (κ1) is 14.2. The summed E-state index contributed by atoms with van der Waals surface area (Å²) in [5, 5.41) is 9.69. The molecule has 1 unspecified atom stereocenters. The van der Waals surface area contributed by atoms with Crippen LogP contribution in [0.3, 0.4) is 0 Å². The molecule has 1 aliphatic carbocycles. The molecule has 2 rings (SSSR count). The van der Waals surface area contributed by atoms with Crippen LogP contribution in [-0.2, 0) is 20.9 Å². The zero-order chi connectivity index (χ0) is 14.4. The Morgan fingerprint density at radius 3 is 2.80 bits per heavy atom. The maximum absolute atomic E-state index is 11.3. The monoisotopic (exact) mass is 274 g/mol. The third kappa shape index (κ3) is 4.16. The number of aliphatic hydroxyl groups excluding tert-OH is 1. The largest absolute Gasteiger partial charge is 0.508 e. The molecule has 4 nitrogen and oxygen atoms in total. The summed E-state index contributed by atoms with van der Waals surface area (Å²) in [4.78, 5) is 11.3. The van der Waals surface area contributed by atoms with Crippen molar-refractivity contribution in [3.8, 4) is 0 Å². The highest BCUT2D eigenvalue weighted by molar-refractivity contribution is 5.69. The molecule has 1 atom stereocenters. The SMILES string of the molecule is COC(=O)CC1C=C(O)C=C(OCc2ccccc2)C1. The molecule has 1 aliphatic rings. The standard InChI is InChI=1S/C16H18O4/c1-19-16(18)9-13-7-14(17)10-15(8-13)20-11-12-5-3-2-4-6-12/h2-7,10,13,17H,8-9,11H2,1H3. The average molecular weight is 274 g/mol. The third-order valence-electron chi connectivity index (χ3n) is 3.10. The number of aliphatic hydroxyl groups is 1. The van der Waals surface area contributed by atoms with E-state index in [-0.39, 0.29) is 24.1 Å². The van der Waals surface area contributed by atoms with Crippen LogP contribution in [0.1, 0.15) is 18.4 Å². The maximum atomic E-state index is 11.3. The van der Waals surface area contributed by atoms with Crippen molar-refractivity contribution in [3.05, 3.63) is 59.6 Å². The summed E-state index contributed by atoms with van der Waals surface area (Å²) >= 11 is 0. The molecular formula is C16H18O4. The van der Waals surface area contributed by atoms with Gasteiger partial charge in [0.25, 0.3) is 0 Å². The minimum absolute atomic E-state index is 0.0850. The number of hydrogen-bond donors (Lipinski definition) is 1. The van der Waals surface area contributed by atoms with Gasteiger partial charge < -0.3 is 14.6 Å². The highest BCUT2D eigenvalue weighted by Gasteiger charge is 2.19. The Morgan fingerprint density at radius 2 is 2.10 bits per heavy atom. The second-order valence-electron chi connectivity index (χ2n) is 4.72. The topological polar surface area (TPSA) is 55.8 Å². The molecule has 0 amide bonds. The highest BCUT2D eigenvalue weighted by Crippen LogP contribution is 2.26. The first-order valence-corrected chi connectivity index (χ1v) is 6.52. The van der Waals surface area contributed by atoms with Gasteiger partial charge in [-0.25, -0.2) is 0 Å². The van der Waals surface area contributed by atoms with Crippen LogP contribution in [0.5, 0.6) is 0 Å². The second-order valence-corrected chi connectivity index (χ2v) is 4.72. The molecule has 4 heteroatoms. The zero-order valence-corrected chi connectivity index (χ0v) is 11.4. The lowest BCUT2D eigenvalue weighted by Gasteiger charge is -2.19. The van der Waals surface area contributed by atoms with E-state index in [0.717, 1.165) is 5.56 Å². The summed E-state index contributed by atoms with van der Waals surface area (Å²) in [6.45, 7) is 0.449. The van der Waals surface area contributed by atoms with E-state index in [2.05, 4.69) is 4.74 Å². The molecule has 0 spiro atoms. The number of carbonyl (C=O) groups excluding carboxylic acids is 1. The number of hydrogen-bond acceptors (Lipinski definition) is 4. The lowest BCUT2D eigenvalue weighted by Crippen LogP contribution is -2.13. The van der Waals surface area contributed by atoms with Crippen molar-refractivity contribution in [3.63, 3.8) is 0 Å². The Morgan fingerprint density at radius 1 is 1.35 bits per heavy atom. The van der Waals surface area contributed by atoms with Gasteiger partial charge in [-0.05, 0) is 17.6 Å². The molecule has 0 bridgehead atoms. The predicted octanol–water partition coefficient (Wildman–Crippen LogP) is 3.11. The van der Waals surface area contributed by atoms with Crippen LogP contribution in [0.15, 0.2) is 54.0 Å². The molecule has 1 N–H and O–H groups in total. The molecule has 0 saturated heterocycles. The number of rotatable bonds is 5. The fourth-order valence-electron chi connectivity index (χ4n) is 2.11. The molecule has 0 fully saturated rings. The summed E-state index contributed by atoms with van der Waals surface area (Å²) < 4.78 is 10.3. The number of ether oxygens (including phenoxy) is 2. The van der Waals surface area contributed by atoms with Crippen molar-refractivity contribution >= 4 is 5.97 Å². The van der Waals surface area contributed by atoms with Gasteiger partial charge in [-0.1, -0.05) is 30.3 Å². The van der Waals surface area contributed by atoms with E-state index in [9.17, 15) is 9.90 Å². The quantitative estimate of drug-likeness (QED) is 0.838. The van der Waals surface area contributed by atoms with Gasteiger partial charge >= 0.3 is 5.97 Å². The van der Waals surface area contributed by atoms with Crippen molar-refractivity contribution in [2.75, 3.05) is 7.11 Å². The van der Waals surface area contributed by atoms with Gasteiger partial charge in [0.05, 0.1) is 13.5 Å². The minimum atomic E-state index is -0.289. The summed E-state index contributed by atoms with van der Waals surface area (Å²) in [6, 6.07) is 9.80. The molecule has 1 aromatic carbocycles. The van der Waals surface area contributed by atoms with Gasteiger partial charge in [-0.3, -0.25) is 4.79 Å². The van der Waals surface area contributed by atoms with Crippen LogP contribution < -0.4 is 0 Å². The molecular weight excluding hydrogens is 256 g/mol. The molecule has 0 radical (unpaired) electrons. The van der Waals surface area contributed by atoms with Gasteiger partial charge in [-0.15, -0.1) is 0 Å².